The highest BCUT2D eigenvalue weighted by Gasteiger charge is 2.52. The molecule has 2 aromatic carbocycles. The van der Waals surface area contributed by atoms with Crippen LogP contribution in [0.3, 0.4) is 0 Å². The van der Waals surface area contributed by atoms with Gasteiger partial charge >= 0.3 is 18.0 Å². The Morgan fingerprint density at radius 1 is 0.768 bits per heavy atom. The molecule has 304 valence electrons. The van der Waals surface area contributed by atoms with Gasteiger partial charge in [0.1, 0.15) is 31.3 Å². The van der Waals surface area contributed by atoms with Crippen LogP contribution in [-0.4, -0.2) is 117 Å². The van der Waals surface area contributed by atoms with Gasteiger partial charge in [-0.3, -0.25) is 39.0 Å². The second-order valence-electron chi connectivity index (χ2n) is 13.4. The van der Waals surface area contributed by atoms with Crippen LogP contribution in [0.4, 0.5) is 4.79 Å². The molecule has 8 N–H and O–H groups in total. The summed E-state index contributed by atoms with van der Waals surface area (Å²) in [4.78, 5) is 102. The van der Waals surface area contributed by atoms with Gasteiger partial charge in [-0.1, -0.05) is 74.5 Å². The van der Waals surface area contributed by atoms with Crippen LogP contribution in [0.5, 0.6) is 0 Å². The average Bonchev–Trinajstić information content (AvgIpc) is 3.95. The number of hydrogen-bond acceptors (Lipinski definition) is 11. The van der Waals surface area contributed by atoms with E-state index in [0.29, 0.717) is 17.0 Å². The van der Waals surface area contributed by atoms with Crippen LogP contribution < -0.4 is 26.7 Å². The van der Waals surface area contributed by atoms with Crippen molar-refractivity contribution in [1.29, 1.82) is 0 Å². The lowest BCUT2D eigenvalue weighted by molar-refractivity contribution is -0.152. The molecule has 1 aliphatic heterocycles. The zero-order valence-corrected chi connectivity index (χ0v) is 31.1. The number of carboxylic acid groups (broad SMARTS) is 2. The molecule has 3 rings (SSSR count). The van der Waals surface area contributed by atoms with Crippen molar-refractivity contribution in [2.45, 2.75) is 89.5 Å². The fourth-order valence-electron chi connectivity index (χ4n) is 5.32. The van der Waals surface area contributed by atoms with Crippen LogP contribution >= 0.6 is 0 Å². The monoisotopic (exact) mass is 784 g/mol. The number of carbonyl (C=O) groups is 8. The lowest BCUT2D eigenvalue weighted by Gasteiger charge is -2.28. The first-order valence-electron chi connectivity index (χ1n) is 17.8. The van der Waals surface area contributed by atoms with E-state index >= 15 is 0 Å². The number of benzene rings is 2. The van der Waals surface area contributed by atoms with Gasteiger partial charge < -0.3 is 46.1 Å². The highest BCUT2D eigenvalue weighted by Crippen LogP contribution is 2.24. The molecule has 1 saturated heterocycles. The minimum atomic E-state index is -1.87. The highest BCUT2D eigenvalue weighted by molar-refractivity contribution is 5.98. The first-order valence-corrected chi connectivity index (χ1v) is 17.8. The van der Waals surface area contributed by atoms with Crippen molar-refractivity contribution >= 4 is 47.6 Å². The minimum absolute atomic E-state index is 0.0899. The predicted octanol–water partition coefficient (Wildman–Crippen LogP) is -0.387. The van der Waals surface area contributed by atoms with Gasteiger partial charge in [-0.2, -0.15) is 0 Å². The molecule has 0 unspecified atom stereocenters. The number of alkyl carbamates (subject to hydrolysis) is 1. The number of rotatable bonds is 21. The second-order valence-corrected chi connectivity index (χ2v) is 13.4. The summed E-state index contributed by atoms with van der Waals surface area (Å²) in [6.45, 7) is 3.68. The Balaban J connectivity index is 1.66. The average molecular weight is 785 g/mol. The van der Waals surface area contributed by atoms with E-state index in [1.807, 2.05) is 35.8 Å². The third-order valence-corrected chi connectivity index (χ3v) is 8.22. The summed E-state index contributed by atoms with van der Waals surface area (Å²) in [7, 11) is 0. The normalized spacial score (nSPS) is 16.5. The third-order valence-electron chi connectivity index (χ3n) is 8.22. The van der Waals surface area contributed by atoms with E-state index in [0.717, 1.165) is 12.5 Å². The van der Waals surface area contributed by atoms with Crippen molar-refractivity contribution < 1.29 is 63.1 Å². The number of nitrogens with zero attached hydrogens (tertiary/aromatic N) is 1. The van der Waals surface area contributed by atoms with Crippen molar-refractivity contribution in [3.05, 3.63) is 71.8 Å². The van der Waals surface area contributed by atoms with E-state index < -0.39 is 103 Å². The molecule has 0 aromatic heterocycles. The SMILES string of the molecule is CC(C)C[C@H](NC(=O)OCc1ccccc1)C(=O)N[C@@H](CCC(=O)O)C(=O)N[C@H](C(=O)NN(CC(=O)O)C(=O)[C@H]1O[C@@H]1C(=O)NCCc1ccccc1)[C@@H](C)O. The first kappa shape index (κ1) is 44.3. The highest BCUT2D eigenvalue weighted by atomic mass is 16.6. The number of nitrogens with one attached hydrogen (secondary N) is 5. The van der Waals surface area contributed by atoms with Crippen molar-refractivity contribution in [2.75, 3.05) is 13.1 Å². The maximum atomic E-state index is 13.5. The van der Waals surface area contributed by atoms with Crippen molar-refractivity contribution in [1.82, 2.24) is 31.7 Å². The van der Waals surface area contributed by atoms with Gasteiger partial charge in [-0.25, -0.2) is 9.80 Å². The number of hydrazine groups is 1. The molecule has 1 heterocycles. The second kappa shape index (κ2) is 21.7. The summed E-state index contributed by atoms with van der Waals surface area (Å²) < 4.78 is 10.4. The predicted molar refractivity (Wildman–Crippen MR) is 195 cm³/mol. The van der Waals surface area contributed by atoms with E-state index in [4.69, 9.17) is 9.47 Å². The molecule has 1 fully saturated rings. The molecule has 19 nitrogen and oxygen atoms in total. The zero-order valence-electron chi connectivity index (χ0n) is 31.1. The molecule has 56 heavy (non-hydrogen) atoms. The number of ether oxygens (including phenoxy) is 2. The van der Waals surface area contributed by atoms with Crippen LogP contribution in [0.2, 0.25) is 0 Å². The summed E-state index contributed by atoms with van der Waals surface area (Å²) in [6, 6.07) is 13.3. The number of aliphatic carboxylic acids is 2. The van der Waals surface area contributed by atoms with Crippen LogP contribution in [0.25, 0.3) is 0 Å². The lowest BCUT2D eigenvalue weighted by atomic mass is 10.0. The Bertz CT molecular complexity index is 1690. The van der Waals surface area contributed by atoms with Gasteiger partial charge in [-0.05, 0) is 43.2 Å². The Morgan fingerprint density at radius 3 is 1.95 bits per heavy atom. The standard InChI is InChI=1S/C37H48N6O13/c1-21(2)18-26(40-37(54)55-20-24-12-8-5-9-13-24)33(50)39-25(14-15-27(45)46)32(49)41-29(22(3)44)34(51)42-43(19-28(47)48)36(53)31-30(56-31)35(52)38-17-16-23-10-6-4-7-11-23/h4-13,21-22,25-26,29-31,44H,14-20H2,1-3H3,(H,38,52)(H,39,50)(H,40,54)(H,41,49)(H,42,51)(H,45,46)(H,47,48)/t22-,25+,26+,29+,30+,31+/m1/s1. The maximum absolute atomic E-state index is 13.5. The summed E-state index contributed by atoms with van der Waals surface area (Å²) in [5.41, 5.74) is 3.67. The van der Waals surface area contributed by atoms with Crippen molar-refractivity contribution in [2.24, 2.45) is 5.92 Å². The number of aliphatic hydroxyl groups is 1. The van der Waals surface area contributed by atoms with Gasteiger partial charge in [0.25, 0.3) is 17.7 Å². The summed E-state index contributed by atoms with van der Waals surface area (Å²) in [6.07, 6.45) is -5.83. The number of aliphatic hydroxyl groups excluding tert-OH is 1. The van der Waals surface area contributed by atoms with Crippen molar-refractivity contribution in [3.63, 3.8) is 0 Å². The Morgan fingerprint density at radius 2 is 1.38 bits per heavy atom. The summed E-state index contributed by atoms with van der Waals surface area (Å²) in [5.74, 6) is -8.03. The third kappa shape index (κ3) is 15.0. The van der Waals surface area contributed by atoms with Gasteiger partial charge in [0.2, 0.25) is 11.8 Å². The molecule has 19 heteroatoms. The Kier molecular flexibility index (Phi) is 17.2. The van der Waals surface area contributed by atoms with Crippen LogP contribution in [0.1, 0.15) is 51.2 Å². The van der Waals surface area contributed by atoms with Crippen LogP contribution in [0, 0.1) is 5.92 Å². The van der Waals surface area contributed by atoms with Gasteiger partial charge in [0, 0.05) is 13.0 Å². The van der Waals surface area contributed by atoms with Gasteiger partial charge in [0.15, 0.2) is 12.2 Å². The van der Waals surface area contributed by atoms with E-state index in [2.05, 4.69) is 21.3 Å². The molecule has 0 aliphatic carbocycles. The fraction of sp³-hybridized carbons (Fsp3) is 0.459. The van der Waals surface area contributed by atoms with E-state index in [-0.39, 0.29) is 25.5 Å². The molecule has 6 amide bonds. The van der Waals surface area contributed by atoms with Gasteiger partial charge in [-0.15, -0.1) is 0 Å². The largest absolute Gasteiger partial charge is 0.481 e. The number of epoxide rings is 1. The maximum Gasteiger partial charge on any atom is 0.408 e. The van der Waals surface area contributed by atoms with Crippen LogP contribution in [0.15, 0.2) is 60.7 Å². The fourth-order valence-corrected chi connectivity index (χ4v) is 5.32. The Hall–Kier alpha value is -6.08. The molecule has 2 aromatic rings. The smallest absolute Gasteiger partial charge is 0.408 e. The van der Waals surface area contributed by atoms with Crippen molar-refractivity contribution in [3.8, 4) is 0 Å². The van der Waals surface area contributed by atoms with Gasteiger partial charge in [0.05, 0.1) is 6.10 Å². The number of carbonyl (C=O) groups excluding carboxylic acids is 6. The topological polar surface area (TPSA) is 282 Å². The molecule has 6 atom stereocenters. The van der Waals surface area contributed by atoms with E-state index in [9.17, 15) is 53.7 Å². The zero-order chi connectivity index (χ0) is 41.4. The molecule has 1 aliphatic rings. The molecular formula is C37H48N6O13. The molecule has 0 radical (unpaired) electrons. The number of carboxylic acids is 2. The molecular weight excluding hydrogens is 736 g/mol. The molecule has 0 spiro atoms. The van der Waals surface area contributed by atoms with Crippen LogP contribution in [-0.2, 0) is 56.1 Å². The molecule has 0 saturated carbocycles. The Labute approximate surface area is 322 Å². The quantitative estimate of drug-likeness (QED) is 0.0593. The summed E-state index contributed by atoms with van der Waals surface area (Å²) >= 11 is 0. The summed E-state index contributed by atoms with van der Waals surface area (Å²) in [5, 5.41) is 39.2. The minimum Gasteiger partial charge on any atom is -0.481 e. The van der Waals surface area contributed by atoms with E-state index in [1.165, 1.54) is 0 Å². The number of amides is 6. The van der Waals surface area contributed by atoms with E-state index in [1.54, 1.807) is 44.2 Å². The lowest BCUT2D eigenvalue weighted by Crippen LogP contribution is -2.62. The first-order chi connectivity index (χ1) is 26.5. The molecule has 0 bridgehead atoms. The number of hydrogen-bond donors (Lipinski definition) is 8.